The van der Waals surface area contributed by atoms with Gasteiger partial charge in [0.15, 0.2) is 0 Å². The normalized spacial score (nSPS) is 22.8. The lowest BCUT2D eigenvalue weighted by Gasteiger charge is -2.21. The van der Waals surface area contributed by atoms with Gasteiger partial charge in [0.2, 0.25) is 0 Å². The Morgan fingerprint density at radius 2 is 1.12 bits per heavy atom. The molecule has 0 radical (unpaired) electrons. The standard InChI is InChI=1S/2C9H18N2O2/c2*1-9(2,3)13-8(12)11-7-4-5-10-6-7/h2*7,10H,4-6H2,1-3H3,(H,11,12)/t2*7-/m11/s1. The maximum Gasteiger partial charge on any atom is 0.407 e. The van der Waals surface area contributed by atoms with Crippen molar-refractivity contribution in [2.24, 2.45) is 0 Å². The largest absolute Gasteiger partial charge is 0.444 e. The zero-order chi connectivity index (χ0) is 19.8. The summed E-state index contributed by atoms with van der Waals surface area (Å²) in [5.41, 5.74) is -0.813. The Labute approximate surface area is 157 Å². The van der Waals surface area contributed by atoms with Gasteiger partial charge in [-0.15, -0.1) is 0 Å². The van der Waals surface area contributed by atoms with E-state index in [1.165, 1.54) is 0 Å². The minimum atomic E-state index is -0.407. The van der Waals surface area contributed by atoms with Crippen LogP contribution in [-0.4, -0.2) is 61.7 Å². The maximum absolute atomic E-state index is 11.3. The second kappa shape index (κ2) is 9.97. The van der Waals surface area contributed by atoms with Crippen molar-refractivity contribution in [3.8, 4) is 0 Å². The summed E-state index contributed by atoms with van der Waals surface area (Å²) in [6.45, 7) is 14.8. The number of ether oxygens (including phenoxy) is 2. The lowest BCUT2D eigenvalue weighted by molar-refractivity contribution is 0.0496. The Balaban J connectivity index is 0.000000260. The third-order valence-corrected chi connectivity index (χ3v) is 3.56. The van der Waals surface area contributed by atoms with Crippen molar-refractivity contribution in [3.63, 3.8) is 0 Å². The first-order chi connectivity index (χ1) is 11.9. The van der Waals surface area contributed by atoms with Crippen LogP contribution in [0.1, 0.15) is 54.4 Å². The zero-order valence-corrected chi connectivity index (χ0v) is 17.0. The number of carbonyl (C=O) groups excluding carboxylic acids is 2. The van der Waals surface area contributed by atoms with Crippen LogP contribution in [0.2, 0.25) is 0 Å². The van der Waals surface area contributed by atoms with E-state index in [1.807, 2.05) is 41.5 Å². The molecule has 2 heterocycles. The highest BCUT2D eigenvalue weighted by atomic mass is 16.6. The first kappa shape index (κ1) is 22.5. The van der Waals surface area contributed by atoms with E-state index >= 15 is 0 Å². The lowest BCUT2D eigenvalue weighted by atomic mass is 10.2. The fourth-order valence-corrected chi connectivity index (χ4v) is 2.50. The average Bonchev–Trinajstić information content (AvgIpc) is 3.08. The molecule has 0 bridgehead atoms. The second-order valence-corrected chi connectivity index (χ2v) is 8.67. The monoisotopic (exact) mass is 372 g/mol. The molecule has 2 saturated heterocycles. The predicted molar refractivity (Wildman–Crippen MR) is 101 cm³/mol. The molecule has 0 aliphatic carbocycles. The van der Waals surface area contributed by atoms with E-state index in [9.17, 15) is 9.59 Å². The Morgan fingerprint density at radius 1 is 0.769 bits per heavy atom. The van der Waals surface area contributed by atoms with Gasteiger partial charge in [-0.2, -0.15) is 0 Å². The fraction of sp³-hybridized carbons (Fsp3) is 0.889. The van der Waals surface area contributed by atoms with E-state index < -0.39 is 11.2 Å². The minimum Gasteiger partial charge on any atom is -0.444 e. The third kappa shape index (κ3) is 11.1. The number of carbonyl (C=O) groups is 2. The molecule has 26 heavy (non-hydrogen) atoms. The van der Waals surface area contributed by atoms with Gasteiger partial charge in [-0.05, 0) is 67.5 Å². The molecule has 4 N–H and O–H groups in total. The first-order valence-corrected chi connectivity index (χ1v) is 9.35. The van der Waals surface area contributed by atoms with Gasteiger partial charge >= 0.3 is 12.2 Å². The van der Waals surface area contributed by atoms with Crippen molar-refractivity contribution >= 4 is 12.2 Å². The molecular formula is C18H36N4O4. The van der Waals surface area contributed by atoms with Gasteiger partial charge in [-0.1, -0.05) is 0 Å². The molecule has 0 aromatic carbocycles. The van der Waals surface area contributed by atoms with Crippen LogP contribution in [0.5, 0.6) is 0 Å². The maximum atomic E-state index is 11.3. The summed E-state index contributed by atoms with van der Waals surface area (Å²) in [4.78, 5) is 22.5. The highest BCUT2D eigenvalue weighted by molar-refractivity contribution is 5.68. The van der Waals surface area contributed by atoms with Crippen molar-refractivity contribution in [2.75, 3.05) is 26.2 Å². The molecule has 2 amide bonds. The van der Waals surface area contributed by atoms with Crippen LogP contribution in [0, 0.1) is 0 Å². The van der Waals surface area contributed by atoms with Crippen LogP contribution in [0.4, 0.5) is 9.59 Å². The zero-order valence-electron chi connectivity index (χ0n) is 17.0. The summed E-state index contributed by atoms with van der Waals surface area (Å²) in [6, 6.07) is 0.463. The van der Waals surface area contributed by atoms with Crippen molar-refractivity contribution < 1.29 is 19.1 Å². The SMILES string of the molecule is CC(C)(C)OC(=O)N[C@@H]1CCNC1.CC(C)(C)OC(=O)N[C@@H]1CCNC1. The molecule has 2 rings (SSSR count). The molecular weight excluding hydrogens is 336 g/mol. The number of hydrogen-bond donors (Lipinski definition) is 4. The predicted octanol–water partition coefficient (Wildman–Crippen LogP) is 1.75. The topological polar surface area (TPSA) is 101 Å². The molecule has 2 aliphatic heterocycles. The highest BCUT2D eigenvalue weighted by Crippen LogP contribution is 2.08. The number of hydrogen-bond acceptors (Lipinski definition) is 6. The van der Waals surface area contributed by atoms with E-state index in [0.717, 1.165) is 39.0 Å². The Bertz CT molecular complexity index is 403. The lowest BCUT2D eigenvalue weighted by Crippen LogP contribution is -2.40. The molecule has 8 heteroatoms. The van der Waals surface area contributed by atoms with Gasteiger partial charge < -0.3 is 30.7 Å². The summed E-state index contributed by atoms with van der Waals surface area (Å²) in [5.74, 6) is 0. The smallest absolute Gasteiger partial charge is 0.407 e. The highest BCUT2D eigenvalue weighted by Gasteiger charge is 2.22. The van der Waals surface area contributed by atoms with Gasteiger partial charge in [-0.25, -0.2) is 9.59 Å². The molecule has 2 fully saturated rings. The van der Waals surface area contributed by atoms with Crippen molar-refractivity contribution in [1.29, 1.82) is 0 Å². The molecule has 152 valence electrons. The van der Waals surface area contributed by atoms with Crippen LogP contribution >= 0.6 is 0 Å². The van der Waals surface area contributed by atoms with Crippen LogP contribution in [0.3, 0.4) is 0 Å². The van der Waals surface area contributed by atoms with Gasteiger partial charge in [0.1, 0.15) is 11.2 Å². The van der Waals surface area contributed by atoms with Crippen molar-refractivity contribution in [3.05, 3.63) is 0 Å². The van der Waals surface area contributed by atoms with E-state index in [1.54, 1.807) is 0 Å². The minimum absolute atomic E-state index is 0.231. The second-order valence-electron chi connectivity index (χ2n) is 8.67. The van der Waals surface area contributed by atoms with E-state index in [2.05, 4.69) is 21.3 Å². The number of amides is 2. The van der Waals surface area contributed by atoms with E-state index in [0.29, 0.717) is 0 Å². The summed E-state index contributed by atoms with van der Waals surface area (Å²) < 4.78 is 10.2. The van der Waals surface area contributed by atoms with E-state index in [-0.39, 0.29) is 24.3 Å². The molecule has 0 aromatic heterocycles. The first-order valence-electron chi connectivity index (χ1n) is 9.35. The van der Waals surface area contributed by atoms with Gasteiger partial charge in [-0.3, -0.25) is 0 Å². The Hall–Kier alpha value is -1.54. The average molecular weight is 373 g/mol. The Kier molecular flexibility index (Phi) is 8.62. The molecule has 0 aromatic rings. The number of rotatable bonds is 2. The molecule has 0 saturated carbocycles. The van der Waals surface area contributed by atoms with Crippen molar-refractivity contribution in [1.82, 2.24) is 21.3 Å². The summed E-state index contributed by atoms with van der Waals surface area (Å²) in [6.07, 6.45) is 1.33. The van der Waals surface area contributed by atoms with Gasteiger partial charge in [0.05, 0.1) is 0 Å². The van der Waals surface area contributed by atoms with Crippen LogP contribution < -0.4 is 21.3 Å². The van der Waals surface area contributed by atoms with Gasteiger partial charge in [0.25, 0.3) is 0 Å². The van der Waals surface area contributed by atoms with Crippen molar-refractivity contribution in [2.45, 2.75) is 77.7 Å². The molecule has 0 unspecified atom stereocenters. The molecule has 0 spiro atoms. The Morgan fingerprint density at radius 3 is 1.35 bits per heavy atom. The molecule has 2 atom stereocenters. The van der Waals surface area contributed by atoms with Crippen LogP contribution in [0.15, 0.2) is 0 Å². The third-order valence-electron chi connectivity index (χ3n) is 3.56. The summed E-state index contributed by atoms with van der Waals surface area (Å²) in [5, 5.41) is 12.0. The van der Waals surface area contributed by atoms with Crippen LogP contribution in [0.25, 0.3) is 0 Å². The quantitative estimate of drug-likeness (QED) is 0.589. The number of nitrogens with one attached hydrogen (secondary N) is 4. The molecule has 8 nitrogen and oxygen atoms in total. The number of alkyl carbamates (subject to hydrolysis) is 2. The van der Waals surface area contributed by atoms with Gasteiger partial charge in [0, 0.05) is 25.2 Å². The van der Waals surface area contributed by atoms with Crippen LogP contribution in [-0.2, 0) is 9.47 Å². The molecule has 2 aliphatic rings. The fourth-order valence-electron chi connectivity index (χ4n) is 2.50. The summed E-state index contributed by atoms with van der Waals surface area (Å²) >= 11 is 0. The van der Waals surface area contributed by atoms with E-state index in [4.69, 9.17) is 9.47 Å². The summed E-state index contributed by atoms with van der Waals surface area (Å²) in [7, 11) is 0.